The summed E-state index contributed by atoms with van der Waals surface area (Å²) in [5.41, 5.74) is 6.16. The lowest BCUT2D eigenvalue weighted by Crippen LogP contribution is -2.36. The molecule has 0 spiro atoms. The SMILES string of the molecule is CC(C)C1CCCN1CCOc1ccc(C(=N)N)cc1. The Balaban J connectivity index is 1.79. The second-order valence-corrected chi connectivity index (χ2v) is 5.78. The number of nitrogens with two attached hydrogens (primary N) is 1. The first-order chi connectivity index (χ1) is 9.58. The maximum absolute atomic E-state index is 7.35. The van der Waals surface area contributed by atoms with Gasteiger partial charge in [-0.2, -0.15) is 0 Å². The van der Waals surface area contributed by atoms with E-state index < -0.39 is 0 Å². The molecule has 1 aromatic rings. The van der Waals surface area contributed by atoms with E-state index in [1.165, 1.54) is 19.4 Å². The standard InChI is InChI=1S/C16H25N3O/c1-12(2)15-4-3-9-19(15)10-11-20-14-7-5-13(6-8-14)16(17)18/h5-8,12,15H,3-4,9-11H2,1-2H3,(H3,17,18). The predicted octanol–water partition coefficient (Wildman–Crippen LogP) is 2.47. The molecule has 0 bridgehead atoms. The summed E-state index contributed by atoms with van der Waals surface area (Å²) >= 11 is 0. The van der Waals surface area contributed by atoms with Gasteiger partial charge in [0.25, 0.3) is 0 Å². The zero-order chi connectivity index (χ0) is 14.5. The van der Waals surface area contributed by atoms with Crippen LogP contribution < -0.4 is 10.5 Å². The van der Waals surface area contributed by atoms with Crippen LogP contribution in [0.25, 0.3) is 0 Å². The molecule has 0 aromatic heterocycles. The van der Waals surface area contributed by atoms with E-state index in [0.717, 1.165) is 17.9 Å². The number of benzene rings is 1. The third-order valence-electron chi connectivity index (χ3n) is 4.00. The number of rotatable bonds is 6. The van der Waals surface area contributed by atoms with Crippen LogP contribution in [-0.4, -0.2) is 36.5 Å². The lowest BCUT2D eigenvalue weighted by Gasteiger charge is -2.27. The largest absolute Gasteiger partial charge is 0.492 e. The number of nitrogens with zero attached hydrogens (tertiary/aromatic N) is 1. The monoisotopic (exact) mass is 275 g/mol. The molecule has 1 aliphatic rings. The summed E-state index contributed by atoms with van der Waals surface area (Å²) < 4.78 is 5.78. The Kier molecular flexibility index (Phi) is 5.01. The van der Waals surface area contributed by atoms with Gasteiger partial charge in [0.2, 0.25) is 0 Å². The Morgan fingerprint density at radius 3 is 2.70 bits per heavy atom. The molecule has 0 aliphatic carbocycles. The molecule has 110 valence electrons. The van der Waals surface area contributed by atoms with Gasteiger partial charge in [-0.1, -0.05) is 13.8 Å². The zero-order valence-electron chi connectivity index (χ0n) is 12.4. The first kappa shape index (κ1) is 14.9. The average molecular weight is 275 g/mol. The molecule has 1 unspecified atom stereocenters. The van der Waals surface area contributed by atoms with Gasteiger partial charge >= 0.3 is 0 Å². The summed E-state index contributed by atoms with van der Waals surface area (Å²) in [5.74, 6) is 1.65. The molecule has 3 N–H and O–H groups in total. The molecule has 1 heterocycles. The molecule has 1 saturated heterocycles. The molecular formula is C16H25N3O. The van der Waals surface area contributed by atoms with Gasteiger partial charge in [-0.3, -0.25) is 10.3 Å². The number of hydrogen-bond donors (Lipinski definition) is 2. The van der Waals surface area contributed by atoms with Crippen molar-refractivity contribution in [2.75, 3.05) is 19.7 Å². The second-order valence-electron chi connectivity index (χ2n) is 5.78. The Labute approximate surface area is 121 Å². The third-order valence-corrected chi connectivity index (χ3v) is 4.00. The van der Waals surface area contributed by atoms with E-state index in [2.05, 4.69) is 18.7 Å². The fourth-order valence-corrected chi connectivity index (χ4v) is 2.90. The van der Waals surface area contributed by atoms with Crippen LogP contribution in [0.2, 0.25) is 0 Å². The lowest BCUT2D eigenvalue weighted by molar-refractivity contribution is 0.168. The molecule has 0 amide bonds. The molecule has 4 nitrogen and oxygen atoms in total. The van der Waals surface area contributed by atoms with Gasteiger partial charge in [-0.25, -0.2) is 0 Å². The molecule has 1 atom stereocenters. The van der Waals surface area contributed by atoms with E-state index in [-0.39, 0.29) is 5.84 Å². The van der Waals surface area contributed by atoms with Gasteiger partial charge in [0, 0.05) is 18.2 Å². The summed E-state index contributed by atoms with van der Waals surface area (Å²) in [4.78, 5) is 2.54. The molecule has 20 heavy (non-hydrogen) atoms. The fraction of sp³-hybridized carbons (Fsp3) is 0.562. The van der Waals surface area contributed by atoms with Gasteiger partial charge in [0.05, 0.1) is 0 Å². The summed E-state index contributed by atoms with van der Waals surface area (Å²) in [6.07, 6.45) is 2.61. The second kappa shape index (κ2) is 6.75. The quantitative estimate of drug-likeness (QED) is 0.619. The van der Waals surface area contributed by atoms with Crippen molar-refractivity contribution < 1.29 is 4.74 Å². The van der Waals surface area contributed by atoms with Gasteiger partial charge in [-0.15, -0.1) is 0 Å². The normalized spacial score (nSPS) is 19.4. The Hall–Kier alpha value is -1.55. The maximum atomic E-state index is 7.35. The summed E-state index contributed by atoms with van der Waals surface area (Å²) in [7, 11) is 0. The van der Waals surface area contributed by atoms with Crippen molar-refractivity contribution in [2.24, 2.45) is 11.7 Å². The minimum absolute atomic E-state index is 0.0911. The van der Waals surface area contributed by atoms with Crippen LogP contribution >= 0.6 is 0 Å². The number of ether oxygens (including phenoxy) is 1. The highest BCUT2D eigenvalue weighted by molar-refractivity contribution is 5.94. The van der Waals surface area contributed by atoms with Crippen LogP contribution in [0.3, 0.4) is 0 Å². The van der Waals surface area contributed by atoms with Crippen LogP contribution in [-0.2, 0) is 0 Å². The van der Waals surface area contributed by atoms with E-state index >= 15 is 0 Å². The minimum Gasteiger partial charge on any atom is -0.492 e. The van der Waals surface area contributed by atoms with Crippen molar-refractivity contribution in [3.05, 3.63) is 29.8 Å². The fourth-order valence-electron chi connectivity index (χ4n) is 2.90. The molecule has 0 saturated carbocycles. The minimum atomic E-state index is 0.0911. The van der Waals surface area contributed by atoms with Crippen molar-refractivity contribution in [1.82, 2.24) is 4.90 Å². The number of likely N-dealkylation sites (tertiary alicyclic amines) is 1. The highest BCUT2D eigenvalue weighted by atomic mass is 16.5. The Morgan fingerprint density at radius 2 is 2.10 bits per heavy atom. The van der Waals surface area contributed by atoms with E-state index in [1.54, 1.807) is 0 Å². The van der Waals surface area contributed by atoms with Crippen LogP contribution in [0, 0.1) is 11.3 Å². The summed E-state index contributed by atoms with van der Waals surface area (Å²) in [6.45, 7) is 7.48. The first-order valence-corrected chi connectivity index (χ1v) is 7.39. The molecule has 1 aliphatic heterocycles. The third kappa shape index (κ3) is 3.73. The van der Waals surface area contributed by atoms with Gasteiger partial charge < -0.3 is 10.5 Å². The van der Waals surface area contributed by atoms with E-state index in [4.69, 9.17) is 15.9 Å². The number of nitrogen functional groups attached to an aromatic ring is 1. The van der Waals surface area contributed by atoms with Crippen LogP contribution in [0.1, 0.15) is 32.3 Å². The van der Waals surface area contributed by atoms with Gasteiger partial charge in [-0.05, 0) is 49.6 Å². The van der Waals surface area contributed by atoms with Crippen molar-refractivity contribution >= 4 is 5.84 Å². The zero-order valence-corrected chi connectivity index (χ0v) is 12.4. The topological polar surface area (TPSA) is 62.3 Å². The molecular weight excluding hydrogens is 250 g/mol. The van der Waals surface area contributed by atoms with Crippen molar-refractivity contribution in [3.8, 4) is 5.75 Å². The highest BCUT2D eigenvalue weighted by Gasteiger charge is 2.26. The number of nitrogens with one attached hydrogen (secondary N) is 1. The van der Waals surface area contributed by atoms with Crippen molar-refractivity contribution in [3.63, 3.8) is 0 Å². The first-order valence-electron chi connectivity index (χ1n) is 7.39. The summed E-state index contributed by atoms with van der Waals surface area (Å²) in [5, 5.41) is 7.35. The van der Waals surface area contributed by atoms with Crippen LogP contribution in [0.15, 0.2) is 24.3 Å². The number of amidine groups is 1. The molecule has 0 radical (unpaired) electrons. The number of hydrogen-bond acceptors (Lipinski definition) is 3. The van der Waals surface area contributed by atoms with Crippen molar-refractivity contribution in [2.45, 2.75) is 32.7 Å². The predicted molar refractivity (Wildman–Crippen MR) is 82.4 cm³/mol. The lowest BCUT2D eigenvalue weighted by atomic mass is 10.0. The van der Waals surface area contributed by atoms with Gasteiger partial charge in [0.1, 0.15) is 18.2 Å². The van der Waals surface area contributed by atoms with E-state index in [1.807, 2.05) is 24.3 Å². The maximum Gasteiger partial charge on any atom is 0.122 e. The average Bonchev–Trinajstić information content (AvgIpc) is 2.88. The molecule has 4 heteroatoms. The summed E-state index contributed by atoms with van der Waals surface area (Å²) in [6, 6.07) is 8.11. The van der Waals surface area contributed by atoms with Crippen molar-refractivity contribution in [1.29, 1.82) is 5.41 Å². The molecule has 1 aromatic carbocycles. The van der Waals surface area contributed by atoms with E-state index in [0.29, 0.717) is 18.6 Å². The molecule has 2 rings (SSSR count). The molecule has 1 fully saturated rings. The van der Waals surface area contributed by atoms with E-state index in [9.17, 15) is 0 Å². The smallest absolute Gasteiger partial charge is 0.122 e. The van der Waals surface area contributed by atoms with Crippen LogP contribution in [0.4, 0.5) is 0 Å². The highest BCUT2D eigenvalue weighted by Crippen LogP contribution is 2.23. The Morgan fingerprint density at radius 1 is 1.40 bits per heavy atom. The van der Waals surface area contributed by atoms with Crippen LogP contribution in [0.5, 0.6) is 5.75 Å². The Bertz CT molecular complexity index is 442. The van der Waals surface area contributed by atoms with Gasteiger partial charge in [0.15, 0.2) is 0 Å².